The zero-order chi connectivity index (χ0) is 16.8. The predicted molar refractivity (Wildman–Crippen MR) is 87.3 cm³/mol. The topological polar surface area (TPSA) is 74.1 Å². The van der Waals surface area contributed by atoms with Crippen LogP contribution in [0.4, 0.5) is 0 Å². The van der Waals surface area contributed by atoms with E-state index >= 15 is 0 Å². The number of fused-ring (bicyclic) bond motifs is 1. The highest BCUT2D eigenvalue weighted by molar-refractivity contribution is 7.90. The lowest BCUT2D eigenvalue weighted by Crippen LogP contribution is -2.16. The minimum Gasteiger partial charge on any atom is -0.496 e. The van der Waals surface area contributed by atoms with Crippen LogP contribution < -0.4 is 4.74 Å². The van der Waals surface area contributed by atoms with Crippen LogP contribution in [-0.4, -0.2) is 29.9 Å². The highest BCUT2D eigenvalue weighted by Gasteiger charge is 2.24. The molecular formula is C16H17N3O3S. The third-order valence-electron chi connectivity index (χ3n) is 3.77. The molecule has 0 aliphatic rings. The van der Waals surface area contributed by atoms with E-state index < -0.39 is 10.0 Å². The van der Waals surface area contributed by atoms with Gasteiger partial charge in [0.2, 0.25) is 0 Å². The number of hydrogen-bond donors (Lipinski definition) is 0. The smallest absolute Gasteiger partial charge is 0.285 e. The van der Waals surface area contributed by atoms with Crippen molar-refractivity contribution >= 4 is 21.1 Å². The summed E-state index contributed by atoms with van der Waals surface area (Å²) in [4.78, 5) is 0.160. The molecule has 0 radical (unpaired) electrons. The molecule has 0 N–H and O–H groups in total. The van der Waals surface area contributed by atoms with Crippen molar-refractivity contribution in [2.75, 3.05) is 7.11 Å². The minimum atomic E-state index is -3.85. The molecule has 0 saturated heterocycles. The quantitative estimate of drug-likeness (QED) is 0.737. The molecule has 0 amide bonds. The number of methoxy groups -OCH3 is 1. The van der Waals surface area contributed by atoms with Gasteiger partial charge in [-0.15, -0.1) is 9.19 Å². The van der Waals surface area contributed by atoms with Crippen molar-refractivity contribution in [2.45, 2.75) is 25.7 Å². The van der Waals surface area contributed by atoms with Gasteiger partial charge in [-0.3, -0.25) is 0 Å². The highest BCUT2D eigenvalue weighted by atomic mass is 32.2. The lowest BCUT2D eigenvalue weighted by atomic mass is 10.1. The fourth-order valence-electron chi connectivity index (χ4n) is 2.59. The van der Waals surface area contributed by atoms with E-state index in [2.05, 4.69) is 10.3 Å². The minimum absolute atomic E-state index is 0.160. The van der Waals surface area contributed by atoms with E-state index in [9.17, 15) is 8.42 Å². The first-order chi connectivity index (χ1) is 10.8. The second-order valence-corrected chi connectivity index (χ2v) is 7.25. The summed E-state index contributed by atoms with van der Waals surface area (Å²) in [5.74, 6) is 0.523. The maximum Gasteiger partial charge on any atom is 0.285 e. The summed E-state index contributed by atoms with van der Waals surface area (Å²) in [5, 5.41) is 7.81. The molecule has 0 spiro atoms. The summed E-state index contributed by atoms with van der Waals surface area (Å²) < 4.78 is 32.2. The SMILES string of the molecule is COc1cc(S(=O)(=O)n2nnc3cc(C)ccc32)c(C)cc1C. The number of benzene rings is 2. The fraction of sp³-hybridized carbons (Fsp3) is 0.250. The zero-order valence-electron chi connectivity index (χ0n) is 13.4. The Bertz CT molecular complexity index is 1010. The van der Waals surface area contributed by atoms with Crippen molar-refractivity contribution in [2.24, 2.45) is 0 Å². The standard InChI is InChI=1S/C16H17N3O3S/c1-10-5-6-14-13(7-10)17-18-19(14)23(20,21)16-9-15(22-4)11(2)8-12(16)3/h5-9H,1-4H3. The van der Waals surface area contributed by atoms with Gasteiger partial charge in [-0.25, -0.2) is 0 Å². The summed E-state index contributed by atoms with van der Waals surface area (Å²) in [5.41, 5.74) is 3.51. The molecule has 0 aliphatic heterocycles. The van der Waals surface area contributed by atoms with Crippen molar-refractivity contribution < 1.29 is 13.2 Å². The Morgan fingerprint density at radius 1 is 1.04 bits per heavy atom. The van der Waals surface area contributed by atoms with Gasteiger partial charge >= 0.3 is 0 Å². The van der Waals surface area contributed by atoms with E-state index in [4.69, 9.17) is 4.74 Å². The van der Waals surface area contributed by atoms with Crippen LogP contribution in [0, 0.1) is 20.8 Å². The summed E-state index contributed by atoms with van der Waals surface area (Å²) in [6.45, 7) is 5.54. The van der Waals surface area contributed by atoms with Gasteiger partial charge in [-0.05, 0) is 49.6 Å². The maximum absolute atomic E-state index is 13.0. The third kappa shape index (κ3) is 2.46. The van der Waals surface area contributed by atoms with Crippen LogP contribution in [0.15, 0.2) is 35.2 Å². The second-order valence-electron chi connectivity index (χ2n) is 5.52. The number of ether oxygens (including phenoxy) is 1. The monoisotopic (exact) mass is 331 g/mol. The van der Waals surface area contributed by atoms with Crippen molar-refractivity contribution in [1.82, 2.24) is 14.4 Å². The van der Waals surface area contributed by atoms with Crippen LogP contribution in [0.3, 0.4) is 0 Å². The van der Waals surface area contributed by atoms with E-state index in [1.54, 1.807) is 25.1 Å². The first kappa shape index (κ1) is 15.5. The normalized spacial score (nSPS) is 11.8. The molecule has 0 atom stereocenters. The first-order valence-corrected chi connectivity index (χ1v) is 8.51. The van der Waals surface area contributed by atoms with E-state index in [-0.39, 0.29) is 4.90 Å². The first-order valence-electron chi connectivity index (χ1n) is 7.07. The van der Waals surface area contributed by atoms with Crippen LogP contribution in [0.25, 0.3) is 11.0 Å². The Hall–Kier alpha value is -2.41. The molecule has 120 valence electrons. The molecule has 3 rings (SSSR count). The molecule has 3 aromatic rings. The average Bonchev–Trinajstić information content (AvgIpc) is 2.90. The van der Waals surface area contributed by atoms with E-state index in [0.717, 1.165) is 15.2 Å². The van der Waals surface area contributed by atoms with Gasteiger partial charge in [-0.1, -0.05) is 17.3 Å². The molecule has 0 saturated carbocycles. The maximum atomic E-state index is 13.0. The lowest BCUT2D eigenvalue weighted by molar-refractivity contribution is 0.410. The highest BCUT2D eigenvalue weighted by Crippen LogP contribution is 2.28. The number of rotatable bonds is 3. The molecule has 0 bridgehead atoms. The van der Waals surface area contributed by atoms with Crippen molar-refractivity contribution in [3.63, 3.8) is 0 Å². The average molecular weight is 331 g/mol. The van der Waals surface area contributed by atoms with Crippen LogP contribution in [0.5, 0.6) is 5.75 Å². The third-order valence-corrected chi connectivity index (χ3v) is 5.49. The molecule has 0 aliphatic carbocycles. The van der Waals surface area contributed by atoms with Gasteiger partial charge in [0.25, 0.3) is 10.0 Å². The molecular weight excluding hydrogens is 314 g/mol. The van der Waals surface area contributed by atoms with Crippen molar-refractivity contribution in [3.05, 3.63) is 47.0 Å². The van der Waals surface area contributed by atoms with Gasteiger partial charge in [0.15, 0.2) is 0 Å². The number of aryl methyl sites for hydroxylation is 3. The van der Waals surface area contributed by atoms with Crippen LogP contribution in [-0.2, 0) is 10.0 Å². The summed E-state index contributed by atoms with van der Waals surface area (Å²) in [6, 6.07) is 8.66. The van der Waals surface area contributed by atoms with E-state index in [1.807, 2.05) is 19.9 Å². The van der Waals surface area contributed by atoms with Gasteiger partial charge < -0.3 is 4.74 Å². The molecule has 0 unspecified atom stereocenters. The van der Waals surface area contributed by atoms with Gasteiger partial charge in [0.05, 0.1) is 12.0 Å². The Morgan fingerprint density at radius 2 is 1.78 bits per heavy atom. The van der Waals surface area contributed by atoms with Crippen molar-refractivity contribution in [1.29, 1.82) is 0 Å². The Balaban J connectivity index is 2.26. The number of aromatic nitrogens is 3. The summed E-state index contributed by atoms with van der Waals surface area (Å²) >= 11 is 0. The Morgan fingerprint density at radius 3 is 2.48 bits per heavy atom. The van der Waals surface area contributed by atoms with E-state index in [1.165, 1.54) is 13.2 Å². The molecule has 2 aromatic carbocycles. The molecule has 1 heterocycles. The molecule has 6 nitrogen and oxygen atoms in total. The van der Waals surface area contributed by atoms with Gasteiger partial charge in [0.1, 0.15) is 16.8 Å². The largest absolute Gasteiger partial charge is 0.496 e. The summed E-state index contributed by atoms with van der Waals surface area (Å²) in [7, 11) is -2.34. The van der Waals surface area contributed by atoms with Gasteiger partial charge in [-0.2, -0.15) is 8.42 Å². The van der Waals surface area contributed by atoms with Crippen LogP contribution in [0.1, 0.15) is 16.7 Å². The van der Waals surface area contributed by atoms with Gasteiger partial charge in [0, 0.05) is 6.07 Å². The molecule has 23 heavy (non-hydrogen) atoms. The fourth-order valence-corrected chi connectivity index (χ4v) is 4.05. The van der Waals surface area contributed by atoms with Crippen molar-refractivity contribution in [3.8, 4) is 5.75 Å². The second kappa shape index (κ2) is 5.34. The zero-order valence-corrected chi connectivity index (χ0v) is 14.2. The molecule has 0 fully saturated rings. The van der Waals surface area contributed by atoms with Crippen LogP contribution in [0.2, 0.25) is 0 Å². The molecule has 7 heteroatoms. The lowest BCUT2D eigenvalue weighted by Gasteiger charge is -2.12. The van der Waals surface area contributed by atoms with E-state index in [0.29, 0.717) is 22.3 Å². The Kier molecular flexibility index (Phi) is 3.60. The number of nitrogens with zero attached hydrogens (tertiary/aromatic N) is 3. The predicted octanol–water partition coefficient (Wildman–Crippen LogP) is 2.60. The number of hydrogen-bond acceptors (Lipinski definition) is 5. The Labute approximate surface area is 134 Å². The summed E-state index contributed by atoms with van der Waals surface area (Å²) in [6.07, 6.45) is 0. The van der Waals surface area contributed by atoms with Crippen LogP contribution >= 0.6 is 0 Å². The molecule has 1 aromatic heterocycles.